The van der Waals surface area contributed by atoms with Gasteiger partial charge in [0.2, 0.25) is 0 Å². The van der Waals surface area contributed by atoms with Gasteiger partial charge in [-0.15, -0.1) is 12.3 Å². The lowest BCUT2D eigenvalue weighted by molar-refractivity contribution is 0.165. The molecule has 80 valence electrons. The molecule has 0 aliphatic carbocycles. The molecule has 0 saturated heterocycles. The van der Waals surface area contributed by atoms with E-state index in [0.29, 0.717) is 22.9 Å². The quantitative estimate of drug-likeness (QED) is 0.629. The number of aliphatic hydroxyl groups excluding tert-OH is 1. The van der Waals surface area contributed by atoms with Crippen molar-refractivity contribution in [3.63, 3.8) is 0 Å². The van der Waals surface area contributed by atoms with Gasteiger partial charge < -0.3 is 5.11 Å². The molecule has 0 aromatic heterocycles. The monoisotopic (exact) mass is 242 g/mol. The molecule has 0 spiro atoms. The van der Waals surface area contributed by atoms with Crippen LogP contribution in [-0.4, -0.2) is 5.11 Å². The topological polar surface area (TPSA) is 20.2 Å². The van der Waals surface area contributed by atoms with Crippen molar-refractivity contribution in [2.45, 2.75) is 25.4 Å². The minimum Gasteiger partial charge on any atom is -0.388 e. The van der Waals surface area contributed by atoms with Gasteiger partial charge >= 0.3 is 0 Å². The van der Waals surface area contributed by atoms with E-state index in [2.05, 4.69) is 5.92 Å². The van der Waals surface area contributed by atoms with Crippen LogP contribution in [0.2, 0.25) is 10.0 Å². The van der Waals surface area contributed by atoms with Crippen LogP contribution in [0, 0.1) is 12.3 Å². The van der Waals surface area contributed by atoms with Crippen molar-refractivity contribution in [1.29, 1.82) is 0 Å². The van der Waals surface area contributed by atoms with Gasteiger partial charge in [0.1, 0.15) is 0 Å². The second-order valence-electron chi connectivity index (χ2n) is 3.31. The van der Waals surface area contributed by atoms with Crippen LogP contribution < -0.4 is 0 Å². The molecule has 0 aliphatic heterocycles. The molecule has 0 aliphatic rings. The lowest BCUT2D eigenvalue weighted by atomic mass is 10.0. The second kappa shape index (κ2) is 6.02. The van der Waals surface area contributed by atoms with Gasteiger partial charge in [0.25, 0.3) is 0 Å². The molecule has 0 amide bonds. The van der Waals surface area contributed by atoms with Crippen molar-refractivity contribution in [3.05, 3.63) is 33.8 Å². The van der Waals surface area contributed by atoms with E-state index in [0.717, 1.165) is 12.0 Å². The Morgan fingerprint density at radius 1 is 1.27 bits per heavy atom. The summed E-state index contributed by atoms with van der Waals surface area (Å²) in [6.45, 7) is 0. The molecule has 1 nitrogen and oxygen atoms in total. The molecule has 15 heavy (non-hydrogen) atoms. The second-order valence-corrected chi connectivity index (χ2v) is 4.19. The lowest BCUT2D eigenvalue weighted by Gasteiger charge is -2.10. The zero-order valence-electron chi connectivity index (χ0n) is 8.21. The predicted octanol–water partition coefficient (Wildman–Crippen LogP) is 3.83. The molecular formula is C12H12Cl2O. The Hall–Kier alpha value is -0.680. The molecule has 1 unspecified atom stereocenters. The molecular weight excluding hydrogens is 231 g/mol. The van der Waals surface area contributed by atoms with E-state index >= 15 is 0 Å². The predicted molar refractivity (Wildman–Crippen MR) is 64.1 cm³/mol. The van der Waals surface area contributed by atoms with Crippen LogP contribution in [-0.2, 0) is 0 Å². The fourth-order valence-electron chi connectivity index (χ4n) is 1.33. The van der Waals surface area contributed by atoms with Crippen LogP contribution in [0.5, 0.6) is 0 Å². The summed E-state index contributed by atoms with van der Waals surface area (Å²) in [5, 5.41) is 10.9. The molecule has 0 fully saturated rings. The Balaban J connectivity index is 2.65. The van der Waals surface area contributed by atoms with Gasteiger partial charge in [-0.05, 0) is 36.6 Å². The van der Waals surface area contributed by atoms with Crippen molar-refractivity contribution >= 4 is 23.2 Å². The summed E-state index contributed by atoms with van der Waals surface area (Å²) in [5.74, 6) is 2.53. The van der Waals surface area contributed by atoms with Crippen LogP contribution in [0.1, 0.15) is 30.9 Å². The Kier molecular flexibility index (Phi) is 4.98. The van der Waals surface area contributed by atoms with Gasteiger partial charge in [-0.2, -0.15) is 0 Å². The van der Waals surface area contributed by atoms with Crippen molar-refractivity contribution < 1.29 is 5.11 Å². The summed E-state index contributed by atoms with van der Waals surface area (Å²) in [6.07, 6.45) is 6.67. The van der Waals surface area contributed by atoms with E-state index < -0.39 is 6.10 Å². The largest absolute Gasteiger partial charge is 0.388 e. The molecule has 3 heteroatoms. The molecule has 0 saturated carbocycles. The first-order chi connectivity index (χ1) is 7.13. The minimum atomic E-state index is -0.547. The highest BCUT2D eigenvalue weighted by Crippen LogP contribution is 2.26. The third kappa shape index (κ3) is 4.13. The fraction of sp³-hybridized carbons (Fsp3) is 0.333. The number of benzene rings is 1. The maximum absolute atomic E-state index is 9.81. The number of hydrogen-bond donors (Lipinski definition) is 1. The summed E-state index contributed by atoms with van der Waals surface area (Å²) in [7, 11) is 0. The zero-order chi connectivity index (χ0) is 11.3. The van der Waals surface area contributed by atoms with Crippen LogP contribution in [0.3, 0.4) is 0 Å². The number of halogens is 2. The SMILES string of the molecule is C#CCCCC(O)c1cc(Cl)cc(Cl)c1. The maximum Gasteiger partial charge on any atom is 0.0791 e. The average molecular weight is 243 g/mol. The van der Waals surface area contributed by atoms with E-state index in [-0.39, 0.29) is 0 Å². The highest BCUT2D eigenvalue weighted by molar-refractivity contribution is 6.34. The van der Waals surface area contributed by atoms with Crippen LogP contribution in [0.15, 0.2) is 18.2 Å². The zero-order valence-corrected chi connectivity index (χ0v) is 9.72. The first-order valence-electron chi connectivity index (χ1n) is 4.71. The van der Waals surface area contributed by atoms with E-state index in [4.69, 9.17) is 29.6 Å². The van der Waals surface area contributed by atoms with Crippen LogP contribution in [0.25, 0.3) is 0 Å². The highest BCUT2D eigenvalue weighted by atomic mass is 35.5. The summed E-state index contributed by atoms with van der Waals surface area (Å²) in [5.41, 5.74) is 0.740. The lowest BCUT2D eigenvalue weighted by Crippen LogP contribution is -1.97. The molecule has 1 N–H and O–H groups in total. The third-order valence-electron chi connectivity index (χ3n) is 2.07. The Bertz CT molecular complexity index is 348. The van der Waals surface area contributed by atoms with Crippen molar-refractivity contribution in [2.75, 3.05) is 0 Å². The Labute approximate surface area is 100 Å². The standard InChI is InChI=1S/C12H12Cl2O/c1-2-3-4-5-12(15)9-6-10(13)8-11(14)7-9/h1,6-8,12,15H,3-5H2. The van der Waals surface area contributed by atoms with Crippen molar-refractivity contribution in [2.24, 2.45) is 0 Å². The molecule has 1 rings (SSSR count). The van der Waals surface area contributed by atoms with Gasteiger partial charge in [-0.25, -0.2) is 0 Å². The van der Waals surface area contributed by atoms with Gasteiger partial charge in [0.05, 0.1) is 6.10 Å². The van der Waals surface area contributed by atoms with Gasteiger partial charge in [0, 0.05) is 16.5 Å². The number of terminal acetylenes is 1. The molecule has 1 atom stereocenters. The van der Waals surface area contributed by atoms with Gasteiger partial charge in [-0.1, -0.05) is 23.2 Å². The van der Waals surface area contributed by atoms with E-state index in [1.165, 1.54) is 0 Å². The summed E-state index contributed by atoms with van der Waals surface area (Å²) in [6, 6.07) is 5.07. The molecule has 1 aromatic carbocycles. The fourth-order valence-corrected chi connectivity index (χ4v) is 1.87. The van der Waals surface area contributed by atoms with E-state index in [9.17, 15) is 5.11 Å². The number of rotatable bonds is 4. The van der Waals surface area contributed by atoms with Gasteiger partial charge in [0.15, 0.2) is 0 Å². The number of aliphatic hydroxyl groups is 1. The summed E-state index contributed by atoms with van der Waals surface area (Å²) < 4.78 is 0. The Morgan fingerprint density at radius 3 is 2.40 bits per heavy atom. The van der Waals surface area contributed by atoms with Gasteiger partial charge in [-0.3, -0.25) is 0 Å². The first-order valence-corrected chi connectivity index (χ1v) is 5.46. The van der Waals surface area contributed by atoms with Crippen LogP contribution >= 0.6 is 23.2 Å². The normalized spacial score (nSPS) is 12.1. The molecule has 0 heterocycles. The summed E-state index contributed by atoms with van der Waals surface area (Å²) >= 11 is 11.7. The summed E-state index contributed by atoms with van der Waals surface area (Å²) in [4.78, 5) is 0. The average Bonchev–Trinajstić information content (AvgIpc) is 2.16. The number of unbranched alkanes of at least 4 members (excludes halogenated alkanes) is 1. The maximum atomic E-state index is 9.81. The van der Waals surface area contributed by atoms with E-state index in [1.807, 2.05) is 0 Å². The smallest absolute Gasteiger partial charge is 0.0791 e. The molecule has 0 bridgehead atoms. The third-order valence-corrected chi connectivity index (χ3v) is 2.50. The van der Waals surface area contributed by atoms with Crippen LogP contribution in [0.4, 0.5) is 0 Å². The number of hydrogen-bond acceptors (Lipinski definition) is 1. The minimum absolute atomic E-state index is 0.536. The van der Waals surface area contributed by atoms with Crippen molar-refractivity contribution in [1.82, 2.24) is 0 Å². The molecule has 0 radical (unpaired) electrons. The first kappa shape index (κ1) is 12.4. The van der Waals surface area contributed by atoms with Crippen molar-refractivity contribution in [3.8, 4) is 12.3 Å². The highest BCUT2D eigenvalue weighted by Gasteiger charge is 2.08. The molecule has 1 aromatic rings. The Morgan fingerprint density at radius 2 is 1.87 bits per heavy atom. The van der Waals surface area contributed by atoms with E-state index in [1.54, 1.807) is 18.2 Å².